The first-order chi connectivity index (χ1) is 11.5. The lowest BCUT2D eigenvalue weighted by molar-refractivity contribution is 0.253. The van der Waals surface area contributed by atoms with Gasteiger partial charge in [0.1, 0.15) is 0 Å². The maximum Gasteiger partial charge on any atom is 0.191 e. The fourth-order valence-electron chi connectivity index (χ4n) is 2.87. The van der Waals surface area contributed by atoms with Gasteiger partial charge in [0.2, 0.25) is 0 Å². The molecule has 136 valence electrons. The number of nitrogens with zero attached hydrogens (tertiary/aromatic N) is 4. The Hall–Kier alpha value is -1.56. The zero-order valence-electron chi connectivity index (χ0n) is 16.0. The summed E-state index contributed by atoms with van der Waals surface area (Å²) in [6.45, 7) is 12.1. The highest BCUT2D eigenvalue weighted by Crippen LogP contribution is 2.26. The molecule has 0 radical (unpaired) electrons. The third-order valence-corrected chi connectivity index (χ3v) is 4.62. The van der Waals surface area contributed by atoms with E-state index in [0.717, 1.165) is 50.3 Å². The summed E-state index contributed by atoms with van der Waals surface area (Å²) in [5.74, 6) is 0.918. The van der Waals surface area contributed by atoms with E-state index >= 15 is 0 Å². The van der Waals surface area contributed by atoms with Crippen LogP contribution >= 0.6 is 0 Å². The van der Waals surface area contributed by atoms with E-state index in [0.29, 0.717) is 6.04 Å². The molecule has 1 aromatic heterocycles. The Balaban J connectivity index is 1.73. The molecule has 0 amide bonds. The van der Waals surface area contributed by atoms with Crippen molar-refractivity contribution in [2.24, 2.45) is 4.99 Å². The van der Waals surface area contributed by atoms with Gasteiger partial charge in [0.15, 0.2) is 5.96 Å². The van der Waals surface area contributed by atoms with Gasteiger partial charge in [-0.2, -0.15) is 5.10 Å². The summed E-state index contributed by atoms with van der Waals surface area (Å²) < 4.78 is 2.08. The molecule has 24 heavy (non-hydrogen) atoms. The summed E-state index contributed by atoms with van der Waals surface area (Å²) in [6.07, 6.45) is 3.72. The number of rotatable bonds is 9. The first-order valence-electron chi connectivity index (χ1n) is 9.26. The quantitative estimate of drug-likeness (QED) is 0.412. The fourth-order valence-corrected chi connectivity index (χ4v) is 2.87. The van der Waals surface area contributed by atoms with Crippen molar-refractivity contribution in [1.82, 2.24) is 25.3 Å². The molecule has 1 unspecified atom stereocenters. The molecule has 1 saturated carbocycles. The number of aromatic nitrogens is 2. The summed E-state index contributed by atoms with van der Waals surface area (Å²) in [6, 6.07) is 3.39. The van der Waals surface area contributed by atoms with E-state index in [9.17, 15) is 0 Å². The van der Waals surface area contributed by atoms with Crippen molar-refractivity contribution in [3.05, 3.63) is 17.5 Å². The molecule has 0 bridgehead atoms. The van der Waals surface area contributed by atoms with Crippen molar-refractivity contribution in [1.29, 1.82) is 0 Å². The minimum Gasteiger partial charge on any atom is -0.357 e. The molecule has 0 aromatic carbocycles. The Morgan fingerprint density at radius 1 is 1.42 bits per heavy atom. The molecule has 1 aromatic rings. The van der Waals surface area contributed by atoms with Crippen molar-refractivity contribution in [3.8, 4) is 0 Å². The van der Waals surface area contributed by atoms with Crippen LogP contribution in [0.5, 0.6) is 0 Å². The normalized spacial score (nSPS) is 16.5. The van der Waals surface area contributed by atoms with E-state index < -0.39 is 0 Å². The molecule has 2 rings (SSSR count). The second-order valence-electron chi connectivity index (χ2n) is 6.90. The summed E-state index contributed by atoms with van der Waals surface area (Å²) in [5.41, 5.74) is 2.31. The number of hydrogen-bond acceptors (Lipinski definition) is 3. The SMILES string of the molecule is CCNC(=NCC(C)N(C)C1CC1)NCCCn1nc(C)cc1C. The smallest absolute Gasteiger partial charge is 0.191 e. The van der Waals surface area contributed by atoms with E-state index in [1.807, 2.05) is 6.92 Å². The first kappa shape index (κ1) is 18.8. The van der Waals surface area contributed by atoms with Crippen molar-refractivity contribution in [2.45, 2.75) is 65.6 Å². The number of aryl methyl sites for hydroxylation is 3. The van der Waals surface area contributed by atoms with E-state index in [2.05, 4.69) is 59.2 Å². The third kappa shape index (κ3) is 5.82. The molecule has 1 heterocycles. The molecule has 0 spiro atoms. The van der Waals surface area contributed by atoms with Gasteiger partial charge in [0.05, 0.1) is 12.2 Å². The van der Waals surface area contributed by atoms with Crippen LogP contribution in [0.15, 0.2) is 11.1 Å². The van der Waals surface area contributed by atoms with Gasteiger partial charge in [-0.3, -0.25) is 14.6 Å². The summed E-state index contributed by atoms with van der Waals surface area (Å²) in [4.78, 5) is 7.20. The Labute approximate surface area is 146 Å². The summed E-state index contributed by atoms with van der Waals surface area (Å²) in [5, 5.41) is 11.3. The number of aliphatic imine (C=N–C) groups is 1. The fraction of sp³-hybridized carbons (Fsp3) is 0.778. The Bertz CT molecular complexity index is 532. The van der Waals surface area contributed by atoms with Crippen molar-refractivity contribution in [2.75, 3.05) is 26.7 Å². The molecule has 1 fully saturated rings. The largest absolute Gasteiger partial charge is 0.357 e. The molecule has 0 saturated heterocycles. The lowest BCUT2D eigenvalue weighted by atomic mass is 10.3. The highest BCUT2D eigenvalue weighted by molar-refractivity contribution is 5.79. The van der Waals surface area contributed by atoms with Crippen LogP contribution in [-0.2, 0) is 6.54 Å². The minimum absolute atomic E-state index is 0.489. The molecule has 6 heteroatoms. The predicted octanol–water partition coefficient (Wildman–Crippen LogP) is 1.93. The maximum absolute atomic E-state index is 4.74. The monoisotopic (exact) mass is 334 g/mol. The molecule has 6 nitrogen and oxygen atoms in total. The predicted molar refractivity (Wildman–Crippen MR) is 101 cm³/mol. The van der Waals surface area contributed by atoms with E-state index in [1.54, 1.807) is 0 Å². The average Bonchev–Trinajstić information content (AvgIpc) is 3.34. The van der Waals surface area contributed by atoms with Crippen LogP contribution in [0, 0.1) is 13.8 Å². The van der Waals surface area contributed by atoms with Gasteiger partial charge in [-0.25, -0.2) is 0 Å². The molecular weight excluding hydrogens is 300 g/mol. The lowest BCUT2D eigenvalue weighted by Crippen LogP contribution is -2.40. The number of hydrogen-bond donors (Lipinski definition) is 2. The highest BCUT2D eigenvalue weighted by atomic mass is 15.3. The Kier molecular flexibility index (Phi) is 7.09. The van der Waals surface area contributed by atoms with Crippen molar-refractivity contribution >= 4 is 5.96 Å². The topological polar surface area (TPSA) is 57.5 Å². The van der Waals surface area contributed by atoms with Gasteiger partial charge in [-0.15, -0.1) is 0 Å². The van der Waals surface area contributed by atoms with Gasteiger partial charge in [-0.05, 0) is 60.1 Å². The second kappa shape index (κ2) is 9.06. The minimum atomic E-state index is 0.489. The molecule has 1 aliphatic rings. The zero-order valence-corrected chi connectivity index (χ0v) is 16.0. The Morgan fingerprint density at radius 2 is 2.17 bits per heavy atom. The lowest BCUT2D eigenvalue weighted by Gasteiger charge is -2.23. The average molecular weight is 335 g/mol. The number of nitrogens with one attached hydrogen (secondary N) is 2. The van der Waals surface area contributed by atoms with Crippen LogP contribution in [0.2, 0.25) is 0 Å². The molecular formula is C18H34N6. The van der Waals surface area contributed by atoms with Crippen LogP contribution in [-0.4, -0.2) is 59.4 Å². The first-order valence-corrected chi connectivity index (χ1v) is 9.26. The van der Waals surface area contributed by atoms with Crippen LogP contribution in [0.25, 0.3) is 0 Å². The standard InChI is InChI=1S/C18H34N6/c1-6-19-18(21-13-16(4)23(5)17-8-9-17)20-10-7-11-24-15(3)12-14(2)22-24/h12,16-17H,6-11,13H2,1-5H3,(H2,19,20,21). The van der Waals surface area contributed by atoms with E-state index in [4.69, 9.17) is 4.99 Å². The molecule has 1 aliphatic carbocycles. The zero-order chi connectivity index (χ0) is 17.5. The highest BCUT2D eigenvalue weighted by Gasteiger charge is 2.28. The van der Waals surface area contributed by atoms with Crippen LogP contribution in [0.4, 0.5) is 0 Å². The van der Waals surface area contributed by atoms with Crippen LogP contribution < -0.4 is 10.6 Å². The number of guanidine groups is 1. The van der Waals surface area contributed by atoms with Crippen LogP contribution in [0.1, 0.15) is 44.5 Å². The molecule has 2 N–H and O–H groups in total. The summed E-state index contributed by atoms with van der Waals surface area (Å²) in [7, 11) is 2.21. The van der Waals surface area contributed by atoms with Gasteiger partial charge < -0.3 is 10.6 Å². The number of likely N-dealkylation sites (N-methyl/N-ethyl adjacent to an activating group) is 1. The third-order valence-electron chi connectivity index (χ3n) is 4.62. The van der Waals surface area contributed by atoms with E-state index in [-0.39, 0.29) is 0 Å². The van der Waals surface area contributed by atoms with Crippen molar-refractivity contribution < 1.29 is 0 Å². The van der Waals surface area contributed by atoms with Gasteiger partial charge in [-0.1, -0.05) is 0 Å². The maximum atomic E-state index is 4.74. The summed E-state index contributed by atoms with van der Waals surface area (Å²) >= 11 is 0. The Morgan fingerprint density at radius 3 is 2.75 bits per heavy atom. The van der Waals surface area contributed by atoms with Gasteiger partial charge in [0.25, 0.3) is 0 Å². The van der Waals surface area contributed by atoms with Gasteiger partial charge >= 0.3 is 0 Å². The molecule has 0 aliphatic heterocycles. The second-order valence-corrected chi connectivity index (χ2v) is 6.90. The molecule has 1 atom stereocenters. The van der Waals surface area contributed by atoms with E-state index in [1.165, 1.54) is 18.5 Å². The van der Waals surface area contributed by atoms with Gasteiger partial charge in [0, 0.05) is 37.4 Å². The van der Waals surface area contributed by atoms with Crippen LogP contribution in [0.3, 0.4) is 0 Å². The van der Waals surface area contributed by atoms with Crippen molar-refractivity contribution in [3.63, 3.8) is 0 Å².